The summed E-state index contributed by atoms with van der Waals surface area (Å²) in [5, 5.41) is 0. The minimum atomic E-state index is -0.157. The Labute approximate surface area is 124 Å². The quantitative estimate of drug-likeness (QED) is 0.536. The van der Waals surface area contributed by atoms with Crippen molar-refractivity contribution in [3.05, 3.63) is 0 Å². The SMILES string of the molecule is CC1CC(C(=O)OCC2CO2)CCC1C(=O)OCC1CO1. The van der Waals surface area contributed by atoms with Crippen LogP contribution in [-0.2, 0) is 28.5 Å². The summed E-state index contributed by atoms with van der Waals surface area (Å²) in [6, 6.07) is 0. The Morgan fingerprint density at radius 3 is 2.10 bits per heavy atom. The van der Waals surface area contributed by atoms with Gasteiger partial charge in [-0.3, -0.25) is 9.59 Å². The fourth-order valence-corrected chi connectivity index (χ4v) is 2.86. The lowest BCUT2D eigenvalue weighted by atomic mass is 9.75. The van der Waals surface area contributed by atoms with Crippen molar-refractivity contribution in [2.45, 2.75) is 38.4 Å². The van der Waals surface area contributed by atoms with Gasteiger partial charge in [0.1, 0.15) is 25.4 Å². The van der Waals surface area contributed by atoms with Crippen molar-refractivity contribution in [1.82, 2.24) is 0 Å². The molecule has 2 heterocycles. The molecule has 3 aliphatic rings. The third-order valence-electron chi connectivity index (χ3n) is 4.43. The summed E-state index contributed by atoms with van der Waals surface area (Å²) in [6.07, 6.45) is 2.26. The van der Waals surface area contributed by atoms with Crippen LogP contribution in [0.5, 0.6) is 0 Å². The predicted molar refractivity (Wildman–Crippen MR) is 71.4 cm³/mol. The van der Waals surface area contributed by atoms with Crippen LogP contribution in [-0.4, -0.2) is 50.6 Å². The van der Waals surface area contributed by atoms with Gasteiger partial charge in [0.05, 0.1) is 25.0 Å². The van der Waals surface area contributed by atoms with E-state index in [9.17, 15) is 9.59 Å². The summed E-state index contributed by atoms with van der Waals surface area (Å²) in [5.74, 6) is -0.387. The molecule has 0 aromatic rings. The van der Waals surface area contributed by atoms with Crippen LogP contribution in [0, 0.1) is 17.8 Å². The van der Waals surface area contributed by atoms with Gasteiger partial charge in [0.15, 0.2) is 0 Å². The molecule has 1 saturated carbocycles. The maximum Gasteiger partial charge on any atom is 0.309 e. The van der Waals surface area contributed by atoms with E-state index in [0.717, 1.165) is 0 Å². The molecule has 0 radical (unpaired) electrons. The Balaban J connectivity index is 1.41. The summed E-state index contributed by atoms with van der Waals surface area (Å²) in [4.78, 5) is 24.0. The van der Waals surface area contributed by atoms with E-state index in [4.69, 9.17) is 18.9 Å². The highest BCUT2D eigenvalue weighted by Crippen LogP contribution is 2.35. The van der Waals surface area contributed by atoms with Crippen molar-refractivity contribution in [2.24, 2.45) is 17.8 Å². The fraction of sp³-hybridized carbons (Fsp3) is 0.867. The summed E-state index contributed by atoms with van der Waals surface area (Å²) in [6.45, 7) is 4.09. The first-order chi connectivity index (χ1) is 10.1. The normalized spacial score (nSPS) is 37.7. The van der Waals surface area contributed by atoms with Crippen molar-refractivity contribution in [3.63, 3.8) is 0 Å². The second-order valence-corrected chi connectivity index (χ2v) is 6.26. The third-order valence-corrected chi connectivity index (χ3v) is 4.43. The number of carbonyl (C=O) groups is 2. The predicted octanol–water partition coefficient (Wildman–Crippen LogP) is 0.923. The minimum absolute atomic E-state index is 0.0974. The van der Waals surface area contributed by atoms with Gasteiger partial charge in [-0.15, -0.1) is 0 Å². The summed E-state index contributed by atoms with van der Waals surface area (Å²) in [7, 11) is 0. The first-order valence-electron chi connectivity index (χ1n) is 7.70. The zero-order chi connectivity index (χ0) is 14.8. The average Bonchev–Trinajstić information content (AvgIpc) is 3.36. The molecule has 2 saturated heterocycles. The number of rotatable bonds is 6. The first-order valence-corrected chi connectivity index (χ1v) is 7.70. The molecule has 0 spiro atoms. The van der Waals surface area contributed by atoms with Crippen LogP contribution >= 0.6 is 0 Å². The van der Waals surface area contributed by atoms with E-state index >= 15 is 0 Å². The van der Waals surface area contributed by atoms with Gasteiger partial charge in [-0.25, -0.2) is 0 Å². The van der Waals surface area contributed by atoms with Gasteiger partial charge in [-0.05, 0) is 25.2 Å². The lowest BCUT2D eigenvalue weighted by Crippen LogP contribution is -2.34. The van der Waals surface area contributed by atoms with E-state index in [1.807, 2.05) is 6.92 Å². The second-order valence-electron chi connectivity index (χ2n) is 6.26. The lowest BCUT2D eigenvalue weighted by Gasteiger charge is -2.31. The molecule has 1 aliphatic carbocycles. The van der Waals surface area contributed by atoms with E-state index in [1.165, 1.54) is 0 Å². The maximum absolute atomic E-state index is 12.0. The minimum Gasteiger partial charge on any atom is -0.463 e. The number of hydrogen-bond acceptors (Lipinski definition) is 6. The van der Waals surface area contributed by atoms with Gasteiger partial charge < -0.3 is 18.9 Å². The molecule has 6 heteroatoms. The molecule has 3 fully saturated rings. The van der Waals surface area contributed by atoms with Crippen LogP contribution < -0.4 is 0 Å². The van der Waals surface area contributed by atoms with Gasteiger partial charge in [0.25, 0.3) is 0 Å². The highest BCUT2D eigenvalue weighted by Gasteiger charge is 2.38. The highest BCUT2D eigenvalue weighted by atomic mass is 16.6. The molecule has 0 amide bonds. The topological polar surface area (TPSA) is 77.7 Å². The Morgan fingerprint density at radius 1 is 1.00 bits per heavy atom. The molecule has 0 bridgehead atoms. The molecular formula is C15H22O6. The number of esters is 2. The molecule has 5 unspecified atom stereocenters. The van der Waals surface area contributed by atoms with Crippen molar-refractivity contribution < 1.29 is 28.5 Å². The monoisotopic (exact) mass is 298 g/mol. The summed E-state index contributed by atoms with van der Waals surface area (Å²) < 4.78 is 20.5. The fourth-order valence-electron chi connectivity index (χ4n) is 2.86. The zero-order valence-corrected chi connectivity index (χ0v) is 12.3. The molecule has 0 aromatic heterocycles. The molecule has 21 heavy (non-hydrogen) atoms. The van der Waals surface area contributed by atoms with Crippen LogP contribution in [0.1, 0.15) is 26.2 Å². The van der Waals surface area contributed by atoms with Crippen molar-refractivity contribution in [3.8, 4) is 0 Å². The summed E-state index contributed by atoms with van der Waals surface area (Å²) in [5.41, 5.74) is 0. The van der Waals surface area contributed by atoms with E-state index < -0.39 is 0 Å². The average molecular weight is 298 g/mol. The van der Waals surface area contributed by atoms with Crippen molar-refractivity contribution >= 4 is 11.9 Å². The van der Waals surface area contributed by atoms with Gasteiger partial charge in [-0.1, -0.05) is 6.92 Å². The Kier molecular flexibility index (Phi) is 4.45. The smallest absolute Gasteiger partial charge is 0.309 e. The van der Waals surface area contributed by atoms with Crippen LogP contribution in [0.2, 0.25) is 0 Å². The van der Waals surface area contributed by atoms with Crippen LogP contribution in [0.15, 0.2) is 0 Å². The van der Waals surface area contributed by atoms with Crippen LogP contribution in [0.3, 0.4) is 0 Å². The molecule has 6 nitrogen and oxygen atoms in total. The number of carbonyl (C=O) groups excluding carboxylic acids is 2. The zero-order valence-electron chi connectivity index (χ0n) is 12.3. The van der Waals surface area contributed by atoms with Crippen LogP contribution in [0.4, 0.5) is 0 Å². The number of hydrogen-bond donors (Lipinski definition) is 0. The van der Waals surface area contributed by atoms with Gasteiger partial charge in [0.2, 0.25) is 0 Å². The van der Waals surface area contributed by atoms with E-state index in [0.29, 0.717) is 45.7 Å². The number of ether oxygens (including phenoxy) is 4. The van der Waals surface area contributed by atoms with E-state index in [2.05, 4.69) is 0 Å². The van der Waals surface area contributed by atoms with Gasteiger partial charge in [-0.2, -0.15) is 0 Å². The Morgan fingerprint density at radius 2 is 1.57 bits per heavy atom. The molecule has 2 aliphatic heterocycles. The molecule has 5 atom stereocenters. The number of epoxide rings is 2. The summed E-state index contributed by atoms with van der Waals surface area (Å²) >= 11 is 0. The molecule has 3 rings (SSSR count). The third kappa shape index (κ3) is 4.17. The lowest BCUT2D eigenvalue weighted by molar-refractivity contribution is -0.158. The van der Waals surface area contributed by atoms with Gasteiger partial charge in [0, 0.05) is 0 Å². The standard InChI is InChI=1S/C15H22O6/c1-9-4-10(14(16)20-7-11-5-18-11)2-3-13(9)15(17)21-8-12-6-19-12/h9-13H,2-8H2,1H3. The first kappa shape index (κ1) is 14.8. The molecule has 0 N–H and O–H groups in total. The van der Waals surface area contributed by atoms with Crippen LogP contribution in [0.25, 0.3) is 0 Å². The highest BCUT2D eigenvalue weighted by molar-refractivity contribution is 5.75. The Bertz CT molecular complexity index is 401. The Hall–Kier alpha value is -1.14. The molecule has 0 aromatic carbocycles. The van der Waals surface area contributed by atoms with E-state index in [1.54, 1.807) is 0 Å². The maximum atomic E-state index is 12.0. The van der Waals surface area contributed by atoms with Crippen molar-refractivity contribution in [1.29, 1.82) is 0 Å². The van der Waals surface area contributed by atoms with Crippen molar-refractivity contribution in [2.75, 3.05) is 26.4 Å². The van der Waals surface area contributed by atoms with Gasteiger partial charge >= 0.3 is 11.9 Å². The molecule has 118 valence electrons. The van der Waals surface area contributed by atoms with E-state index in [-0.39, 0.29) is 41.9 Å². The molecular weight excluding hydrogens is 276 g/mol. The second kappa shape index (κ2) is 6.32. The largest absolute Gasteiger partial charge is 0.463 e.